The Morgan fingerprint density at radius 1 is 1.27 bits per heavy atom. The molecule has 0 spiro atoms. The van der Waals surface area contributed by atoms with Crippen LogP contribution in [0.5, 0.6) is 5.75 Å². The molecule has 0 saturated carbocycles. The molecule has 0 aliphatic heterocycles. The Morgan fingerprint density at radius 2 is 1.92 bits per heavy atom. The van der Waals surface area contributed by atoms with Gasteiger partial charge in [0.15, 0.2) is 0 Å². The molecule has 6 nitrogen and oxygen atoms in total. The Bertz CT molecular complexity index is 911. The highest BCUT2D eigenvalue weighted by atomic mass is 35.5. The van der Waals surface area contributed by atoms with Gasteiger partial charge < -0.3 is 10.1 Å². The van der Waals surface area contributed by atoms with Crippen molar-refractivity contribution in [3.63, 3.8) is 0 Å². The molecule has 0 aliphatic rings. The maximum Gasteiger partial charge on any atom is 0.264 e. The third-order valence-corrected chi connectivity index (χ3v) is 5.80. The summed E-state index contributed by atoms with van der Waals surface area (Å²) in [5, 5.41) is 2.77. The minimum atomic E-state index is -3.78. The van der Waals surface area contributed by atoms with Crippen molar-refractivity contribution in [3.8, 4) is 5.75 Å². The zero-order valence-corrected chi connectivity index (χ0v) is 16.0. The molecule has 0 bridgehead atoms. The van der Waals surface area contributed by atoms with E-state index in [4.69, 9.17) is 16.3 Å². The van der Waals surface area contributed by atoms with Crippen molar-refractivity contribution in [2.45, 2.75) is 4.90 Å². The van der Waals surface area contributed by atoms with Gasteiger partial charge in [0, 0.05) is 13.6 Å². The highest BCUT2D eigenvalue weighted by Gasteiger charge is 2.22. The monoisotopic (exact) mass is 394 g/mol. The van der Waals surface area contributed by atoms with Gasteiger partial charge in [0.1, 0.15) is 5.75 Å². The van der Waals surface area contributed by atoms with Crippen LogP contribution in [0.4, 0.5) is 5.69 Å². The van der Waals surface area contributed by atoms with Gasteiger partial charge in [-0.05, 0) is 42.5 Å². The predicted molar refractivity (Wildman–Crippen MR) is 103 cm³/mol. The first-order valence-electron chi connectivity index (χ1n) is 7.63. The molecule has 2 rings (SSSR count). The summed E-state index contributed by atoms with van der Waals surface area (Å²) < 4.78 is 31.7. The van der Waals surface area contributed by atoms with Crippen molar-refractivity contribution in [2.24, 2.45) is 0 Å². The Labute approximate surface area is 158 Å². The number of carbonyl (C=O) groups excluding carboxylic acids is 1. The second-order valence-corrected chi connectivity index (χ2v) is 7.69. The van der Waals surface area contributed by atoms with Gasteiger partial charge in [0.25, 0.3) is 15.9 Å². The van der Waals surface area contributed by atoms with Crippen LogP contribution in [0.25, 0.3) is 0 Å². The molecule has 0 atom stereocenters. The minimum absolute atomic E-state index is 0.115. The number of sulfonamides is 1. The van der Waals surface area contributed by atoms with Crippen molar-refractivity contribution >= 4 is 33.2 Å². The molecule has 2 aromatic rings. The van der Waals surface area contributed by atoms with Crippen molar-refractivity contribution in [3.05, 3.63) is 65.7 Å². The van der Waals surface area contributed by atoms with Gasteiger partial charge >= 0.3 is 0 Å². The predicted octanol–water partition coefficient (Wildman–Crippen LogP) is 3.09. The molecule has 26 heavy (non-hydrogen) atoms. The number of hydrogen-bond acceptors (Lipinski definition) is 4. The molecule has 0 heterocycles. The lowest BCUT2D eigenvalue weighted by Crippen LogP contribution is -2.27. The maximum absolute atomic E-state index is 12.8. The number of halogens is 1. The molecule has 138 valence electrons. The number of ether oxygens (including phenoxy) is 1. The van der Waals surface area contributed by atoms with E-state index in [1.165, 1.54) is 44.5 Å². The number of benzene rings is 2. The summed E-state index contributed by atoms with van der Waals surface area (Å²) in [5.74, 6) is 0.201. The van der Waals surface area contributed by atoms with Crippen LogP contribution in [0.2, 0.25) is 5.02 Å². The number of nitrogens with one attached hydrogen (secondary N) is 1. The van der Waals surface area contributed by atoms with Gasteiger partial charge in [-0.2, -0.15) is 0 Å². The lowest BCUT2D eigenvalue weighted by atomic mass is 10.2. The molecule has 2 aromatic carbocycles. The number of anilines is 1. The van der Waals surface area contributed by atoms with Crippen molar-refractivity contribution < 1.29 is 17.9 Å². The lowest BCUT2D eigenvalue weighted by molar-refractivity contribution is 0.0958. The molecule has 0 unspecified atom stereocenters. The van der Waals surface area contributed by atoms with Crippen molar-refractivity contribution in [1.29, 1.82) is 0 Å². The first-order valence-corrected chi connectivity index (χ1v) is 9.44. The van der Waals surface area contributed by atoms with Gasteiger partial charge in [0.05, 0.1) is 28.3 Å². The zero-order chi connectivity index (χ0) is 19.3. The fraction of sp³-hybridized carbons (Fsp3) is 0.167. The summed E-state index contributed by atoms with van der Waals surface area (Å²) in [7, 11) is -0.852. The van der Waals surface area contributed by atoms with Crippen LogP contribution in [0.15, 0.2) is 60.0 Å². The lowest BCUT2D eigenvalue weighted by Gasteiger charge is -2.20. The minimum Gasteiger partial charge on any atom is -0.497 e. The van der Waals surface area contributed by atoms with Crippen LogP contribution in [-0.4, -0.2) is 35.0 Å². The Morgan fingerprint density at radius 3 is 2.46 bits per heavy atom. The summed E-state index contributed by atoms with van der Waals surface area (Å²) in [6.07, 6.45) is 1.55. The Balaban J connectivity index is 2.30. The highest BCUT2D eigenvalue weighted by Crippen LogP contribution is 2.27. The average Bonchev–Trinajstić information content (AvgIpc) is 2.65. The molecule has 0 saturated heterocycles. The number of methoxy groups -OCH3 is 1. The Kier molecular flexibility index (Phi) is 6.28. The number of carbonyl (C=O) groups is 1. The molecule has 0 radical (unpaired) electrons. The third kappa shape index (κ3) is 4.17. The van der Waals surface area contributed by atoms with Crippen LogP contribution in [0.1, 0.15) is 10.4 Å². The van der Waals surface area contributed by atoms with Gasteiger partial charge in [-0.1, -0.05) is 17.7 Å². The molecule has 1 amide bonds. The van der Waals surface area contributed by atoms with Gasteiger partial charge in [-0.25, -0.2) is 8.42 Å². The van der Waals surface area contributed by atoms with E-state index >= 15 is 0 Å². The largest absolute Gasteiger partial charge is 0.497 e. The molecule has 0 aromatic heterocycles. The van der Waals surface area contributed by atoms with E-state index in [1.807, 2.05) is 0 Å². The molecule has 1 N–H and O–H groups in total. The van der Waals surface area contributed by atoms with Crippen molar-refractivity contribution in [2.75, 3.05) is 25.0 Å². The van der Waals surface area contributed by atoms with Gasteiger partial charge in [-0.3, -0.25) is 9.10 Å². The summed E-state index contributed by atoms with van der Waals surface area (Å²) in [6, 6.07) is 10.5. The summed E-state index contributed by atoms with van der Waals surface area (Å²) >= 11 is 6.16. The fourth-order valence-corrected chi connectivity index (χ4v) is 3.64. The number of hydrogen-bond donors (Lipinski definition) is 1. The second-order valence-electron chi connectivity index (χ2n) is 5.31. The van der Waals surface area contributed by atoms with Crippen LogP contribution < -0.4 is 14.4 Å². The average molecular weight is 395 g/mol. The van der Waals surface area contributed by atoms with Gasteiger partial charge in [-0.15, -0.1) is 6.58 Å². The molecule has 8 heteroatoms. The highest BCUT2D eigenvalue weighted by molar-refractivity contribution is 7.92. The van der Waals surface area contributed by atoms with Crippen LogP contribution in [-0.2, 0) is 10.0 Å². The zero-order valence-electron chi connectivity index (χ0n) is 14.4. The molecular formula is C18H19ClN2O4S. The molecular weight excluding hydrogens is 376 g/mol. The molecule has 0 aliphatic carbocycles. The smallest absolute Gasteiger partial charge is 0.264 e. The van der Waals surface area contributed by atoms with E-state index in [0.29, 0.717) is 18.0 Å². The van der Waals surface area contributed by atoms with E-state index in [2.05, 4.69) is 11.9 Å². The Hall–Kier alpha value is -2.51. The third-order valence-electron chi connectivity index (χ3n) is 3.69. The number of rotatable bonds is 7. The van der Waals surface area contributed by atoms with Crippen LogP contribution >= 0.6 is 11.6 Å². The van der Waals surface area contributed by atoms with E-state index in [-0.39, 0.29) is 21.4 Å². The van der Waals surface area contributed by atoms with Crippen molar-refractivity contribution in [1.82, 2.24) is 5.32 Å². The van der Waals surface area contributed by atoms with Crippen LogP contribution in [0, 0.1) is 0 Å². The summed E-state index contributed by atoms with van der Waals surface area (Å²) in [4.78, 5) is 12.1. The van der Waals surface area contributed by atoms with E-state index in [9.17, 15) is 13.2 Å². The summed E-state index contributed by atoms with van der Waals surface area (Å²) in [6.45, 7) is 3.83. The number of amides is 1. The first kappa shape index (κ1) is 19.8. The normalized spacial score (nSPS) is 10.9. The topological polar surface area (TPSA) is 75.7 Å². The quantitative estimate of drug-likeness (QED) is 0.732. The number of nitrogens with zero attached hydrogens (tertiary/aromatic N) is 1. The first-order chi connectivity index (χ1) is 12.3. The molecule has 0 fully saturated rings. The van der Waals surface area contributed by atoms with E-state index < -0.39 is 10.0 Å². The van der Waals surface area contributed by atoms with E-state index in [0.717, 1.165) is 4.31 Å². The maximum atomic E-state index is 12.8. The standard InChI is InChI=1S/C18H19ClN2O4S/c1-4-11-20-18(22)16-10-5-13(12-17(16)19)21(2)26(23,24)15-8-6-14(25-3)7-9-15/h4-10,12H,1,11H2,2-3H3,(H,20,22). The van der Waals surface area contributed by atoms with E-state index in [1.54, 1.807) is 18.2 Å². The van der Waals surface area contributed by atoms with Gasteiger partial charge in [0.2, 0.25) is 0 Å². The second kappa shape index (κ2) is 8.25. The summed E-state index contributed by atoms with van der Waals surface area (Å²) in [5.41, 5.74) is 0.596. The fourth-order valence-electron chi connectivity index (χ4n) is 2.19. The SMILES string of the molecule is C=CCNC(=O)c1ccc(N(C)S(=O)(=O)c2ccc(OC)cc2)cc1Cl. The van der Waals surface area contributed by atoms with Crippen LogP contribution in [0.3, 0.4) is 0 Å².